The minimum Gasteiger partial charge on any atom is -0.370 e. The third kappa shape index (κ3) is 4.95. The van der Waals surface area contributed by atoms with E-state index in [0.717, 1.165) is 12.8 Å². The van der Waals surface area contributed by atoms with Gasteiger partial charge in [0.15, 0.2) is 9.84 Å². The number of thioether (sulfide) groups is 1. The summed E-state index contributed by atoms with van der Waals surface area (Å²) in [6, 6.07) is 0.328. The summed E-state index contributed by atoms with van der Waals surface area (Å²) < 4.78 is 25.2. The summed E-state index contributed by atoms with van der Waals surface area (Å²) >= 11 is 1.33. The van der Waals surface area contributed by atoms with Crippen molar-refractivity contribution in [3.8, 4) is 0 Å². The molecule has 1 heterocycles. The Balaban J connectivity index is 1.83. The number of amides is 1. The molecular formula is C11H19N5O3S2. The van der Waals surface area contributed by atoms with E-state index in [4.69, 9.17) is 5.73 Å². The second-order valence-corrected chi connectivity index (χ2v) is 8.43. The summed E-state index contributed by atoms with van der Waals surface area (Å²) in [4.78, 5) is 10.6. The molecule has 1 fully saturated rings. The topological polar surface area (TPSA) is 121 Å². The number of nitrogens with zero attached hydrogens (tertiary/aromatic N) is 4. The van der Waals surface area contributed by atoms with E-state index in [-0.39, 0.29) is 17.9 Å². The van der Waals surface area contributed by atoms with E-state index < -0.39 is 15.7 Å². The fourth-order valence-corrected chi connectivity index (χ4v) is 4.94. The SMILES string of the molecule is NC(=O)CCS(=O)(=O)CCSc1nnnn1C1CCCC1. The fraction of sp³-hybridized carbons (Fsp3) is 0.818. The van der Waals surface area contributed by atoms with Gasteiger partial charge in [-0.25, -0.2) is 13.1 Å². The summed E-state index contributed by atoms with van der Waals surface area (Å²) in [6.45, 7) is 0. The van der Waals surface area contributed by atoms with Crippen molar-refractivity contribution < 1.29 is 13.2 Å². The molecule has 10 heteroatoms. The molecular weight excluding hydrogens is 314 g/mol. The Labute approximate surface area is 127 Å². The molecule has 0 bridgehead atoms. The molecule has 21 heavy (non-hydrogen) atoms. The Morgan fingerprint density at radius 1 is 1.33 bits per heavy atom. The maximum absolute atomic E-state index is 11.7. The third-order valence-electron chi connectivity index (χ3n) is 3.42. The largest absolute Gasteiger partial charge is 0.370 e. The molecule has 1 amide bonds. The van der Waals surface area contributed by atoms with Gasteiger partial charge in [-0.3, -0.25) is 4.79 Å². The van der Waals surface area contributed by atoms with Crippen molar-refractivity contribution in [3.05, 3.63) is 0 Å². The minimum atomic E-state index is -3.26. The van der Waals surface area contributed by atoms with Crippen molar-refractivity contribution in [1.29, 1.82) is 0 Å². The smallest absolute Gasteiger partial charge is 0.218 e. The van der Waals surface area contributed by atoms with Crippen molar-refractivity contribution in [2.75, 3.05) is 17.3 Å². The second kappa shape index (κ2) is 7.21. The first kappa shape index (κ1) is 16.2. The Morgan fingerprint density at radius 2 is 2.05 bits per heavy atom. The molecule has 1 aromatic rings. The number of carbonyl (C=O) groups is 1. The lowest BCUT2D eigenvalue weighted by atomic mass is 10.3. The molecule has 2 rings (SSSR count). The van der Waals surface area contributed by atoms with Gasteiger partial charge in [-0.15, -0.1) is 5.10 Å². The number of hydrogen-bond acceptors (Lipinski definition) is 7. The van der Waals surface area contributed by atoms with Gasteiger partial charge in [0.25, 0.3) is 0 Å². The molecule has 1 aliphatic rings. The van der Waals surface area contributed by atoms with Crippen LogP contribution in [0.4, 0.5) is 0 Å². The first-order chi connectivity index (χ1) is 9.98. The van der Waals surface area contributed by atoms with Crippen molar-refractivity contribution in [3.63, 3.8) is 0 Å². The van der Waals surface area contributed by atoms with Gasteiger partial charge in [-0.2, -0.15) is 0 Å². The molecule has 1 saturated carbocycles. The van der Waals surface area contributed by atoms with Crippen LogP contribution in [0.1, 0.15) is 38.1 Å². The highest BCUT2D eigenvalue weighted by atomic mass is 32.2. The van der Waals surface area contributed by atoms with Gasteiger partial charge >= 0.3 is 0 Å². The van der Waals surface area contributed by atoms with Crippen LogP contribution in [0.2, 0.25) is 0 Å². The lowest BCUT2D eigenvalue weighted by molar-refractivity contribution is -0.117. The second-order valence-electron chi connectivity index (χ2n) is 5.06. The highest BCUT2D eigenvalue weighted by Crippen LogP contribution is 2.31. The molecule has 0 unspecified atom stereocenters. The number of nitrogens with two attached hydrogens (primary N) is 1. The number of primary amides is 1. The van der Waals surface area contributed by atoms with Gasteiger partial charge in [-0.05, 0) is 23.3 Å². The summed E-state index contributed by atoms with van der Waals surface area (Å²) in [5.41, 5.74) is 4.96. The quantitative estimate of drug-likeness (QED) is 0.673. The van der Waals surface area contributed by atoms with Crippen LogP contribution in [-0.2, 0) is 14.6 Å². The molecule has 0 spiro atoms. The average molecular weight is 333 g/mol. The fourth-order valence-electron chi connectivity index (χ4n) is 2.28. The molecule has 2 N–H and O–H groups in total. The van der Waals surface area contributed by atoms with Crippen LogP contribution in [-0.4, -0.2) is 51.8 Å². The Kier molecular flexibility index (Phi) is 5.57. The van der Waals surface area contributed by atoms with E-state index in [9.17, 15) is 13.2 Å². The predicted octanol–water partition coefficient (Wildman–Crippen LogP) is 0.170. The monoisotopic (exact) mass is 333 g/mol. The number of aromatic nitrogens is 4. The molecule has 118 valence electrons. The Bertz CT molecular complexity index is 580. The van der Waals surface area contributed by atoms with E-state index in [1.807, 2.05) is 0 Å². The molecule has 8 nitrogen and oxygen atoms in total. The van der Waals surface area contributed by atoms with Crippen LogP contribution in [0, 0.1) is 0 Å². The highest BCUT2D eigenvalue weighted by molar-refractivity contribution is 8.00. The van der Waals surface area contributed by atoms with E-state index in [0.29, 0.717) is 17.0 Å². The molecule has 0 radical (unpaired) electrons. The number of tetrazole rings is 1. The van der Waals surface area contributed by atoms with Crippen molar-refractivity contribution in [2.24, 2.45) is 5.73 Å². The molecule has 1 aromatic heterocycles. The maximum atomic E-state index is 11.7. The van der Waals surface area contributed by atoms with Crippen molar-refractivity contribution in [1.82, 2.24) is 20.2 Å². The van der Waals surface area contributed by atoms with Crippen LogP contribution in [0.15, 0.2) is 5.16 Å². The van der Waals surface area contributed by atoms with E-state index in [2.05, 4.69) is 15.5 Å². The standard InChI is InChI=1S/C11H19N5O3S2/c12-10(17)5-7-21(18,19)8-6-20-11-13-14-15-16(11)9-3-1-2-4-9/h9H,1-8H2,(H2,12,17). The van der Waals surface area contributed by atoms with Crippen LogP contribution in [0.5, 0.6) is 0 Å². The third-order valence-corrected chi connectivity index (χ3v) is 6.26. The summed E-state index contributed by atoms with van der Waals surface area (Å²) in [6.07, 6.45) is 4.35. The van der Waals surface area contributed by atoms with E-state index >= 15 is 0 Å². The van der Waals surface area contributed by atoms with Crippen LogP contribution in [0.3, 0.4) is 0 Å². The zero-order valence-electron chi connectivity index (χ0n) is 11.6. The number of hydrogen-bond donors (Lipinski definition) is 1. The molecule has 0 saturated heterocycles. The molecule has 0 aromatic carbocycles. The van der Waals surface area contributed by atoms with E-state index in [1.165, 1.54) is 24.6 Å². The first-order valence-electron chi connectivity index (χ1n) is 6.87. The first-order valence-corrected chi connectivity index (χ1v) is 9.68. The average Bonchev–Trinajstić information content (AvgIpc) is 3.06. The summed E-state index contributed by atoms with van der Waals surface area (Å²) in [5, 5.41) is 12.3. The normalized spacial score (nSPS) is 16.4. The summed E-state index contributed by atoms with van der Waals surface area (Å²) in [5.74, 6) is -0.441. The Hall–Kier alpha value is -1.16. The lowest BCUT2D eigenvalue weighted by Gasteiger charge is -2.10. The number of sulfone groups is 1. The maximum Gasteiger partial charge on any atom is 0.218 e. The summed E-state index contributed by atoms with van der Waals surface area (Å²) in [7, 11) is -3.26. The zero-order valence-corrected chi connectivity index (χ0v) is 13.3. The van der Waals surface area contributed by atoms with Gasteiger partial charge in [0.2, 0.25) is 11.1 Å². The predicted molar refractivity (Wildman–Crippen MR) is 78.5 cm³/mol. The number of carbonyl (C=O) groups excluding carboxylic acids is 1. The van der Waals surface area contributed by atoms with Crippen LogP contribution in [0.25, 0.3) is 0 Å². The molecule has 0 aliphatic heterocycles. The van der Waals surface area contributed by atoms with Crippen molar-refractivity contribution >= 4 is 27.5 Å². The minimum absolute atomic E-state index is 0.0114. The van der Waals surface area contributed by atoms with Gasteiger partial charge in [0, 0.05) is 12.2 Å². The van der Waals surface area contributed by atoms with E-state index in [1.54, 1.807) is 4.68 Å². The zero-order chi connectivity index (χ0) is 15.3. The van der Waals surface area contributed by atoms with Gasteiger partial charge in [0.1, 0.15) is 0 Å². The van der Waals surface area contributed by atoms with Crippen molar-refractivity contribution in [2.45, 2.75) is 43.3 Å². The highest BCUT2D eigenvalue weighted by Gasteiger charge is 2.22. The molecule has 0 atom stereocenters. The Morgan fingerprint density at radius 3 is 2.71 bits per heavy atom. The van der Waals surface area contributed by atoms with Crippen LogP contribution < -0.4 is 5.73 Å². The van der Waals surface area contributed by atoms with Gasteiger partial charge < -0.3 is 5.73 Å². The van der Waals surface area contributed by atoms with Crippen LogP contribution >= 0.6 is 11.8 Å². The lowest BCUT2D eigenvalue weighted by Crippen LogP contribution is -2.20. The number of rotatable bonds is 8. The van der Waals surface area contributed by atoms with Gasteiger partial charge in [0.05, 0.1) is 17.5 Å². The van der Waals surface area contributed by atoms with Gasteiger partial charge in [-0.1, -0.05) is 24.6 Å². The molecule has 1 aliphatic carbocycles.